The van der Waals surface area contributed by atoms with E-state index in [9.17, 15) is 4.57 Å². The Morgan fingerprint density at radius 2 is 2.08 bits per heavy atom. The van der Waals surface area contributed by atoms with Crippen molar-refractivity contribution < 1.29 is 19.0 Å². The highest BCUT2D eigenvalue weighted by Gasteiger charge is 2.17. The van der Waals surface area contributed by atoms with Crippen LogP contribution < -0.4 is 4.52 Å². The van der Waals surface area contributed by atoms with E-state index in [-0.39, 0.29) is 0 Å². The number of hydrogen-bond acceptors (Lipinski definition) is 5. The van der Waals surface area contributed by atoms with E-state index in [1.165, 1.54) is 24.5 Å². The molecule has 1 heterocycles. The molecule has 1 aromatic heterocycles. The summed E-state index contributed by atoms with van der Waals surface area (Å²) in [6, 6.07) is 3.02. The maximum absolute atomic E-state index is 11.0. The smallest absolute Gasteiger partial charge is 0.402 e. The van der Waals surface area contributed by atoms with Gasteiger partial charge in [-0.2, -0.15) is 0 Å². The van der Waals surface area contributed by atoms with E-state index in [0.29, 0.717) is 5.75 Å². The summed E-state index contributed by atoms with van der Waals surface area (Å²) in [5, 5.41) is 8.15. The average molecular weight is 189 g/mol. The highest BCUT2D eigenvalue weighted by Crippen LogP contribution is 2.42. The van der Waals surface area contributed by atoms with Crippen molar-refractivity contribution in [1.82, 2.24) is 4.98 Å². The molecule has 0 bridgehead atoms. The van der Waals surface area contributed by atoms with E-state index < -0.39 is 7.60 Å². The van der Waals surface area contributed by atoms with Crippen molar-refractivity contribution in [3.05, 3.63) is 24.5 Å². The summed E-state index contributed by atoms with van der Waals surface area (Å²) in [7, 11) is -3.37. The molecule has 66 valence electrons. The summed E-state index contributed by atoms with van der Waals surface area (Å²) >= 11 is 0. The Kier molecular flexibility index (Phi) is 2.81. The van der Waals surface area contributed by atoms with Gasteiger partial charge in [0.2, 0.25) is 0 Å². The average Bonchev–Trinajstić information content (AvgIpc) is 2.06. The summed E-state index contributed by atoms with van der Waals surface area (Å²) < 4.78 is 19.5. The van der Waals surface area contributed by atoms with Crippen LogP contribution in [0.15, 0.2) is 24.5 Å². The first-order chi connectivity index (χ1) is 5.64. The SMILES string of the molecule is CP(=O)(OO)Oc1ccncc1. The molecule has 1 unspecified atom stereocenters. The molecule has 0 spiro atoms. The van der Waals surface area contributed by atoms with Gasteiger partial charge in [-0.15, -0.1) is 4.67 Å². The van der Waals surface area contributed by atoms with E-state index in [1.54, 1.807) is 0 Å². The van der Waals surface area contributed by atoms with Crippen molar-refractivity contribution >= 4 is 7.60 Å². The van der Waals surface area contributed by atoms with Crippen molar-refractivity contribution in [2.24, 2.45) is 0 Å². The summed E-state index contributed by atoms with van der Waals surface area (Å²) in [6.07, 6.45) is 2.96. The van der Waals surface area contributed by atoms with Crippen LogP contribution in [0.25, 0.3) is 0 Å². The molecule has 12 heavy (non-hydrogen) atoms. The van der Waals surface area contributed by atoms with Crippen molar-refractivity contribution in [2.75, 3.05) is 6.66 Å². The first-order valence-corrected chi connectivity index (χ1v) is 5.13. The maximum Gasteiger partial charge on any atom is 0.402 e. The zero-order valence-electron chi connectivity index (χ0n) is 6.38. The minimum Gasteiger partial charge on any atom is -0.423 e. The van der Waals surface area contributed by atoms with Gasteiger partial charge in [-0.05, 0) is 12.1 Å². The van der Waals surface area contributed by atoms with Gasteiger partial charge in [0.25, 0.3) is 0 Å². The number of pyridine rings is 1. The predicted molar refractivity (Wildman–Crippen MR) is 42.1 cm³/mol. The van der Waals surface area contributed by atoms with E-state index in [1.807, 2.05) is 0 Å². The van der Waals surface area contributed by atoms with Crippen LogP contribution in [0.3, 0.4) is 0 Å². The fraction of sp³-hybridized carbons (Fsp3) is 0.167. The normalized spacial score (nSPS) is 15.2. The Morgan fingerprint density at radius 3 is 2.58 bits per heavy atom. The fourth-order valence-electron chi connectivity index (χ4n) is 0.607. The molecule has 0 amide bonds. The van der Waals surface area contributed by atoms with Gasteiger partial charge in [0, 0.05) is 12.4 Å². The predicted octanol–water partition coefficient (Wildman–Crippen LogP) is 1.77. The van der Waals surface area contributed by atoms with Gasteiger partial charge in [-0.25, -0.2) is 9.82 Å². The summed E-state index contributed by atoms with van der Waals surface area (Å²) in [6.45, 7) is 1.16. The molecule has 0 aliphatic rings. The molecule has 1 aromatic rings. The lowest BCUT2D eigenvalue weighted by Gasteiger charge is -2.09. The second-order valence-electron chi connectivity index (χ2n) is 2.13. The molecule has 0 fully saturated rings. The van der Waals surface area contributed by atoms with Gasteiger partial charge in [0.15, 0.2) is 0 Å². The van der Waals surface area contributed by atoms with Gasteiger partial charge in [-0.3, -0.25) is 4.98 Å². The van der Waals surface area contributed by atoms with Crippen LogP contribution in [0.4, 0.5) is 0 Å². The lowest BCUT2D eigenvalue weighted by atomic mass is 10.5. The zero-order chi connectivity index (χ0) is 9.03. The molecule has 1 N–H and O–H groups in total. The van der Waals surface area contributed by atoms with Crippen LogP contribution in [0.2, 0.25) is 0 Å². The standard InChI is InChI=1S/C6H8NO4P/c1-12(9,11-8)10-6-2-4-7-5-3-6/h2-5,8H,1H3. The molecule has 0 radical (unpaired) electrons. The maximum atomic E-state index is 11.0. The number of hydrogen-bond donors (Lipinski definition) is 1. The largest absolute Gasteiger partial charge is 0.423 e. The van der Waals surface area contributed by atoms with Crippen molar-refractivity contribution in [3.8, 4) is 5.75 Å². The van der Waals surface area contributed by atoms with Gasteiger partial charge < -0.3 is 4.52 Å². The zero-order valence-corrected chi connectivity index (χ0v) is 7.27. The Hall–Kier alpha value is -0.900. The Labute approximate surface area is 69.4 Å². The third-order valence-corrected chi connectivity index (χ3v) is 1.91. The summed E-state index contributed by atoms with van der Waals surface area (Å²) in [5.41, 5.74) is 0. The quantitative estimate of drug-likeness (QED) is 0.445. The molecule has 0 aliphatic carbocycles. The second-order valence-corrected chi connectivity index (χ2v) is 4.02. The molecule has 0 saturated heterocycles. The molecular formula is C6H8NO4P. The molecular weight excluding hydrogens is 181 g/mol. The molecule has 0 aromatic carbocycles. The Morgan fingerprint density at radius 1 is 1.50 bits per heavy atom. The Bertz CT molecular complexity index is 289. The number of rotatable bonds is 3. The Balaban J connectivity index is 2.71. The van der Waals surface area contributed by atoms with Crippen LogP contribution in [-0.2, 0) is 9.24 Å². The minimum atomic E-state index is -3.37. The van der Waals surface area contributed by atoms with Crippen LogP contribution in [0.5, 0.6) is 5.75 Å². The number of aromatic nitrogens is 1. The molecule has 1 rings (SSSR count). The highest BCUT2D eigenvalue weighted by molar-refractivity contribution is 7.53. The van der Waals surface area contributed by atoms with Gasteiger partial charge in [-0.1, -0.05) is 0 Å². The van der Waals surface area contributed by atoms with E-state index in [0.717, 1.165) is 6.66 Å². The summed E-state index contributed by atoms with van der Waals surface area (Å²) in [5.74, 6) is 0.338. The van der Waals surface area contributed by atoms with Gasteiger partial charge in [0.1, 0.15) is 5.75 Å². The summed E-state index contributed by atoms with van der Waals surface area (Å²) in [4.78, 5) is 3.73. The van der Waals surface area contributed by atoms with Crippen molar-refractivity contribution in [3.63, 3.8) is 0 Å². The minimum absolute atomic E-state index is 0.338. The van der Waals surface area contributed by atoms with Crippen LogP contribution in [-0.4, -0.2) is 16.9 Å². The van der Waals surface area contributed by atoms with Crippen LogP contribution >= 0.6 is 7.60 Å². The molecule has 0 saturated carbocycles. The third-order valence-electron chi connectivity index (χ3n) is 1.07. The molecule has 0 aliphatic heterocycles. The highest BCUT2D eigenvalue weighted by atomic mass is 31.2. The molecule has 5 nitrogen and oxygen atoms in total. The van der Waals surface area contributed by atoms with E-state index in [2.05, 4.69) is 9.66 Å². The van der Waals surface area contributed by atoms with Crippen LogP contribution in [0, 0.1) is 0 Å². The molecule has 1 atom stereocenters. The lowest BCUT2D eigenvalue weighted by Crippen LogP contribution is -1.92. The van der Waals surface area contributed by atoms with Crippen molar-refractivity contribution in [1.29, 1.82) is 0 Å². The van der Waals surface area contributed by atoms with E-state index >= 15 is 0 Å². The second kappa shape index (κ2) is 3.67. The van der Waals surface area contributed by atoms with Crippen LogP contribution in [0.1, 0.15) is 0 Å². The number of nitrogens with zero attached hydrogens (tertiary/aromatic N) is 1. The van der Waals surface area contributed by atoms with Gasteiger partial charge >= 0.3 is 7.60 Å². The van der Waals surface area contributed by atoms with Crippen molar-refractivity contribution in [2.45, 2.75) is 0 Å². The monoisotopic (exact) mass is 189 g/mol. The fourth-order valence-corrected chi connectivity index (χ4v) is 1.15. The third kappa shape index (κ3) is 2.62. The molecule has 6 heteroatoms. The topological polar surface area (TPSA) is 68.7 Å². The van der Waals surface area contributed by atoms with E-state index in [4.69, 9.17) is 9.78 Å². The first-order valence-electron chi connectivity index (χ1n) is 3.14. The lowest BCUT2D eigenvalue weighted by molar-refractivity contribution is -0.143. The van der Waals surface area contributed by atoms with Gasteiger partial charge in [0.05, 0.1) is 6.66 Å². The first kappa shape index (κ1) is 9.19.